The van der Waals surface area contributed by atoms with Crippen molar-refractivity contribution in [2.24, 2.45) is 5.92 Å². The molecule has 1 saturated heterocycles. The third-order valence-corrected chi connectivity index (χ3v) is 3.89. The Morgan fingerprint density at radius 2 is 1.76 bits per heavy atom. The molecule has 1 rings (SSSR count). The Balaban J connectivity index is 2.31. The summed E-state index contributed by atoms with van der Waals surface area (Å²) in [5, 5.41) is 0. The minimum absolute atomic E-state index is 0.805. The Kier molecular flexibility index (Phi) is 7.14. The van der Waals surface area contributed by atoms with Gasteiger partial charge in [-0.25, -0.2) is 0 Å². The highest BCUT2D eigenvalue weighted by Crippen LogP contribution is 2.16. The second-order valence-electron chi connectivity index (χ2n) is 6.13. The smallest absolute Gasteiger partial charge is 0.0222 e. The zero-order valence-electron chi connectivity index (χ0n) is 12.4. The summed E-state index contributed by atoms with van der Waals surface area (Å²) >= 11 is 0. The first kappa shape index (κ1) is 15.0. The lowest BCUT2D eigenvalue weighted by Gasteiger charge is -2.31. The average Bonchev–Trinajstić information content (AvgIpc) is 2.79. The summed E-state index contributed by atoms with van der Waals surface area (Å²) in [6, 6.07) is 0.805. The summed E-state index contributed by atoms with van der Waals surface area (Å²) in [4.78, 5) is 5.26. The molecule has 0 aromatic heterocycles. The van der Waals surface area contributed by atoms with Crippen LogP contribution in [0.15, 0.2) is 0 Å². The van der Waals surface area contributed by atoms with Gasteiger partial charge in [-0.05, 0) is 58.3 Å². The van der Waals surface area contributed by atoms with Gasteiger partial charge in [0.1, 0.15) is 0 Å². The van der Waals surface area contributed by atoms with E-state index in [9.17, 15) is 0 Å². The molecule has 0 saturated carbocycles. The SMILES string of the molecule is CCCC(CN(C)CCC(C)C)N1CCCC1. The molecule has 1 aliphatic rings. The molecule has 0 amide bonds. The van der Waals surface area contributed by atoms with Gasteiger partial charge in [0.15, 0.2) is 0 Å². The van der Waals surface area contributed by atoms with Crippen LogP contribution >= 0.6 is 0 Å². The van der Waals surface area contributed by atoms with Crippen molar-refractivity contribution in [3.8, 4) is 0 Å². The van der Waals surface area contributed by atoms with Gasteiger partial charge < -0.3 is 4.90 Å². The third-order valence-electron chi connectivity index (χ3n) is 3.89. The van der Waals surface area contributed by atoms with Crippen molar-refractivity contribution in [2.45, 2.75) is 58.9 Å². The molecule has 0 radical (unpaired) electrons. The van der Waals surface area contributed by atoms with Crippen LogP contribution in [-0.2, 0) is 0 Å². The maximum atomic E-state index is 2.72. The Bertz CT molecular complexity index is 185. The summed E-state index contributed by atoms with van der Waals surface area (Å²) in [7, 11) is 2.29. The summed E-state index contributed by atoms with van der Waals surface area (Å²) in [5.41, 5.74) is 0. The highest BCUT2D eigenvalue weighted by atomic mass is 15.2. The summed E-state index contributed by atoms with van der Waals surface area (Å²) in [6.45, 7) is 12.1. The summed E-state index contributed by atoms with van der Waals surface area (Å²) in [6.07, 6.45) is 6.84. The predicted octanol–water partition coefficient (Wildman–Crippen LogP) is 3.23. The molecule has 0 spiro atoms. The van der Waals surface area contributed by atoms with E-state index in [1.807, 2.05) is 0 Å². The average molecular weight is 240 g/mol. The third kappa shape index (κ3) is 5.87. The second kappa shape index (κ2) is 8.10. The van der Waals surface area contributed by atoms with Gasteiger partial charge >= 0.3 is 0 Å². The first-order valence-electron chi connectivity index (χ1n) is 7.56. The maximum absolute atomic E-state index is 2.72. The molecule has 1 aliphatic heterocycles. The van der Waals surface area contributed by atoms with Gasteiger partial charge in [-0.3, -0.25) is 4.90 Å². The Morgan fingerprint density at radius 1 is 1.12 bits per heavy atom. The molecule has 1 fully saturated rings. The first-order chi connectivity index (χ1) is 8.13. The number of hydrogen-bond acceptors (Lipinski definition) is 2. The molecule has 17 heavy (non-hydrogen) atoms. The monoisotopic (exact) mass is 240 g/mol. The van der Waals surface area contributed by atoms with Gasteiger partial charge in [0.05, 0.1) is 0 Å². The Hall–Kier alpha value is -0.0800. The minimum Gasteiger partial charge on any atom is -0.305 e. The molecule has 0 N–H and O–H groups in total. The van der Waals surface area contributed by atoms with E-state index >= 15 is 0 Å². The lowest BCUT2D eigenvalue weighted by molar-refractivity contribution is 0.166. The molecular weight excluding hydrogens is 208 g/mol. The molecule has 0 aromatic rings. The molecule has 0 aromatic carbocycles. The zero-order valence-corrected chi connectivity index (χ0v) is 12.4. The second-order valence-corrected chi connectivity index (χ2v) is 6.13. The van der Waals surface area contributed by atoms with E-state index in [1.165, 1.54) is 58.3 Å². The van der Waals surface area contributed by atoms with E-state index in [2.05, 4.69) is 37.6 Å². The molecule has 2 nitrogen and oxygen atoms in total. The molecule has 1 unspecified atom stereocenters. The molecule has 2 heteroatoms. The van der Waals surface area contributed by atoms with Crippen LogP contribution in [0.1, 0.15) is 52.9 Å². The zero-order chi connectivity index (χ0) is 12.7. The number of likely N-dealkylation sites (N-methyl/N-ethyl adjacent to an activating group) is 1. The molecule has 0 aliphatic carbocycles. The van der Waals surface area contributed by atoms with Crippen LogP contribution in [-0.4, -0.2) is 49.1 Å². The highest BCUT2D eigenvalue weighted by molar-refractivity contribution is 4.78. The van der Waals surface area contributed by atoms with Crippen molar-refractivity contribution in [1.29, 1.82) is 0 Å². The van der Waals surface area contributed by atoms with E-state index in [1.54, 1.807) is 0 Å². The molecule has 1 heterocycles. The molecule has 0 bridgehead atoms. The minimum atomic E-state index is 0.805. The fourth-order valence-electron chi connectivity index (χ4n) is 2.76. The van der Waals surface area contributed by atoms with Crippen molar-refractivity contribution in [3.63, 3.8) is 0 Å². The van der Waals surface area contributed by atoms with Crippen LogP contribution < -0.4 is 0 Å². The number of nitrogens with zero attached hydrogens (tertiary/aromatic N) is 2. The van der Waals surface area contributed by atoms with Crippen molar-refractivity contribution in [3.05, 3.63) is 0 Å². The Labute approximate surface area is 108 Å². The van der Waals surface area contributed by atoms with Crippen molar-refractivity contribution in [2.75, 3.05) is 33.2 Å². The summed E-state index contributed by atoms with van der Waals surface area (Å²) < 4.78 is 0. The van der Waals surface area contributed by atoms with Gasteiger partial charge in [-0.1, -0.05) is 27.2 Å². The van der Waals surface area contributed by atoms with E-state index in [0.717, 1.165) is 12.0 Å². The molecule has 1 atom stereocenters. The lowest BCUT2D eigenvalue weighted by Crippen LogP contribution is -2.41. The largest absolute Gasteiger partial charge is 0.305 e. The normalized spacial score (nSPS) is 19.4. The van der Waals surface area contributed by atoms with Gasteiger partial charge in [-0.2, -0.15) is 0 Å². The van der Waals surface area contributed by atoms with Crippen LogP contribution in [0.2, 0.25) is 0 Å². The van der Waals surface area contributed by atoms with Crippen LogP contribution in [0.25, 0.3) is 0 Å². The Morgan fingerprint density at radius 3 is 2.29 bits per heavy atom. The predicted molar refractivity (Wildman–Crippen MR) is 76.5 cm³/mol. The topological polar surface area (TPSA) is 6.48 Å². The van der Waals surface area contributed by atoms with Crippen molar-refractivity contribution < 1.29 is 0 Å². The van der Waals surface area contributed by atoms with Crippen molar-refractivity contribution >= 4 is 0 Å². The number of rotatable bonds is 8. The first-order valence-corrected chi connectivity index (χ1v) is 7.56. The van der Waals surface area contributed by atoms with Crippen LogP contribution in [0.5, 0.6) is 0 Å². The van der Waals surface area contributed by atoms with E-state index in [-0.39, 0.29) is 0 Å². The highest BCUT2D eigenvalue weighted by Gasteiger charge is 2.22. The van der Waals surface area contributed by atoms with Gasteiger partial charge in [0.25, 0.3) is 0 Å². The number of likely N-dealkylation sites (tertiary alicyclic amines) is 1. The molecular formula is C15H32N2. The van der Waals surface area contributed by atoms with E-state index in [4.69, 9.17) is 0 Å². The van der Waals surface area contributed by atoms with Crippen LogP contribution in [0.4, 0.5) is 0 Å². The quantitative estimate of drug-likeness (QED) is 0.643. The van der Waals surface area contributed by atoms with Gasteiger partial charge in [0.2, 0.25) is 0 Å². The van der Waals surface area contributed by atoms with E-state index in [0.29, 0.717) is 0 Å². The van der Waals surface area contributed by atoms with E-state index < -0.39 is 0 Å². The standard InChI is InChI=1S/C15H32N2/c1-5-8-15(17-10-6-7-11-17)13-16(4)12-9-14(2)3/h14-15H,5-13H2,1-4H3. The summed E-state index contributed by atoms with van der Waals surface area (Å²) in [5.74, 6) is 0.828. The fourth-order valence-corrected chi connectivity index (χ4v) is 2.76. The van der Waals surface area contributed by atoms with Gasteiger partial charge in [-0.15, -0.1) is 0 Å². The van der Waals surface area contributed by atoms with Crippen molar-refractivity contribution in [1.82, 2.24) is 9.80 Å². The molecule has 102 valence electrons. The maximum Gasteiger partial charge on any atom is 0.0222 e. The fraction of sp³-hybridized carbons (Fsp3) is 1.00. The number of hydrogen-bond donors (Lipinski definition) is 0. The lowest BCUT2D eigenvalue weighted by atomic mass is 10.1. The van der Waals surface area contributed by atoms with Gasteiger partial charge in [0, 0.05) is 12.6 Å². The van der Waals surface area contributed by atoms with Crippen LogP contribution in [0.3, 0.4) is 0 Å². The van der Waals surface area contributed by atoms with Crippen LogP contribution in [0, 0.1) is 5.92 Å².